The second kappa shape index (κ2) is 13.4. The number of ether oxygens (including phenoxy) is 2. The molecule has 3 heterocycles. The lowest BCUT2D eigenvalue weighted by molar-refractivity contribution is -0.137. The average Bonchev–Trinajstić information content (AvgIpc) is 3.76. The number of nitrogens with zero attached hydrogens (tertiary/aromatic N) is 3. The SMILES string of the molecule is COc1ccc2nc(NC(=O)C(CC3CCCC3)c3ccc(S(=O)(=O)N(CCC(=O)O)CC4CCCO4)cc3)sc2n1. The van der Waals surface area contributed by atoms with E-state index in [-0.39, 0.29) is 36.4 Å². The molecule has 0 bridgehead atoms. The number of methoxy groups -OCH3 is 1. The predicted octanol–water partition coefficient (Wildman–Crippen LogP) is 4.65. The maximum Gasteiger partial charge on any atom is 0.304 e. The summed E-state index contributed by atoms with van der Waals surface area (Å²) in [5.74, 6) is -0.889. The number of sulfonamides is 1. The highest BCUT2D eigenvalue weighted by molar-refractivity contribution is 7.89. The first-order valence-corrected chi connectivity index (χ1v) is 16.5. The highest BCUT2D eigenvalue weighted by Gasteiger charge is 2.31. The zero-order valence-corrected chi connectivity index (χ0v) is 25.2. The molecule has 1 saturated heterocycles. The Labute approximate surface area is 249 Å². The van der Waals surface area contributed by atoms with Crippen LogP contribution in [0.2, 0.25) is 0 Å². The molecule has 0 spiro atoms. The molecule has 2 aromatic heterocycles. The van der Waals surface area contributed by atoms with Crippen LogP contribution in [0.4, 0.5) is 5.13 Å². The van der Waals surface area contributed by atoms with E-state index in [9.17, 15) is 23.1 Å². The van der Waals surface area contributed by atoms with Gasteiger partial charge in [0.1, 0.15) is 10.3 Å². The summed E-state index contributed by atoms with van der Waals surface area (Å²) in [7, 11) is -2.43. The first-order chi connectivity index (χ1) is 20.2. The lowest BCUT2D eigenvalue weighted by Crippen LogP contribution is -2.38. The Morgan fingerprint density at radius 2 is 1.88 bits per heavy atom. The standard InChI is InChI=1S/C29H36N4O7S2/c1-39-25-13-12-24-28(31-25)41-29(30-24)32-27(36)23(17-19-5-2-3-6-19)20-8-10-22(11-9-20)42(37,38)33(15-14-26(34)35)18-21-7-4-16-40-21/h8-13,19,21,23H,2-7,14-18H2,1H3,(H,34,35)(H,30,32,36). The average molecular weight is 617 g/mol. The summed E-state index contributed by atoms with van der Waals surface area (Å²) in [6, 6.07) is 9.92. The van der Waals surface area contributed by atoms with Crippen LogP contribution in [0.15, 0.2) is 41.3 Å². The van der Waals surface area contributed by atoms with E-state index in [2.05, 4.69) is 15.3 Å². The molecule has 1 amide bonds. The number of carboxylic acid groups (broad SMARTS) is 1. The number of carbonyl (C=O) groups excluding carboxylic acids is 1. The van der Waals surface area contributed by atoms with Gasteiger partial charge in [0.05, 0.1) is 30.4 Å². The van der Waals surface area contributed by atoms with Crippen LogP contribution in [0.1, 0.15) is 62.8 Å². The number of fused-ring (bicyclic) bond motifs is 1. The molecule has 3 aromatic rings. The van der Waals surface area contributed by atoms with E-state index in [4.69, 9.17) is 9.47 Å². The van der Waals surface area contributed by atoms with Gasteiger partial charge in [-0.2, -0.15) is 4.31 Å². The van der Waals surface area contributed by atoms with Crippen molar-refractivity contribution in [3.8, 4) is 5.88 Å². The van der Waals surface area contributed by atoms with Gasteiger partial charge in [0.15, 0.2) is 5.13 Å². The maximum atomic E-state index is 13.6. The third kappa shape index (κ3) is 7.25. The third-order valence-corrected chi connectivity index (χ3v) is 10.7. The lowest BCUT2D eigenvalue weighted by atomic mass is 9.87. The number of hydrogen-bond donors (Lipinski definition) is 2. The molecular weight excluding hydrogens is 580 g/mol. The zero-order chi connectivity index (χ0) is 29.7. The van der Waals surface area contributed by atoms with E-state index in [0.717, 1.165) is 44.1 Å². The number of nitrogens with one attached hydrogen (secondary N) is 1. The van der Waals surface area contributed by atoms with Crippen molar-refractivity contribution in [2.75, 3.05) is 32.1 Å². The van der Waals surface area contributed by atoms with Crippen LogP contribution in [-0.4, -0.2) is 72.6 Å². The maximum absolute atomic E-state index is 13.6. The summed E-state index contributed by atoms with van der Waals surface area (Å²) in [6.45, 7) is 0.528. The fourth-order valence-corrected chi connectivity index (χ4v) is 8.01. The van der Waals surface area contributed by atoms with Crippen molar-refractivity contribution in [2.24, 2.45) is 5.92 Å². The Morgan fingerprint density at radius 3 is 2.55 bits per heavy atom. The normalized spacial score (nSPS) is 18.5. The number of amides is 1. The molecule has 42 heavy (non-hydrogen) atoms. The van der Waals surface area contributed by atoms with Crippen molar-refractivity contribution in [3.63, 3.8) is 0 Å². The van der Waals surface area contributed by atoms with Gasteiger partial charge in [-0.3, -0.25) is 9.59 Å². The van der Waals surface area contributed by atoms with E-state index < -0.39 is 21.9 Å². The number of hydrogen-bond acceptors (Lipinski definition) is 9. The molecule has 2 N–H and O–H groups in total. The highest BCUT2D eigenvalue weighted by atomic mass is 32.2. The Hall–Kier alpha value is -3.13. The molecule has 226 valence electrons. The van der Waals surface area contributed by atoms with Gasteiger partial charge in [-0.25, -0.2) is 18.4 Å². The molecule has 5 rings (SSSR count). The molecule has 2 unspecified atom stereocenters. The lowest BCUT2D eigenvalue weighted by Gasteiger charge is -2.25. The molecular formula is C29H36N4O7S2. The van der Waals surface area contributed by atoms with Crippen LogP contribution in [-0.2, 0) is 24.3 Å². The number of anilines is 1. The Kier molecular flexibility index (Phi) is 9.71. The number of thiazole rings is 1. The molecule has 2 aliphatic rings. The molecule has 13 heteroatoms. The third-order valence-electron chi connectivity index (χ3n) is 7.96. The minimum absolute atomic E-state index is 0.0563. The van der Waals surface area contributed by atoms with E-state index in [0.29, 0.717) is 40.3 Å². The molecule has 1 saturated carbocycles. The quantitative estimate of drug-likeness (QED) is 0.280. The fourth-order valence-electron chi connectivity index (χ4n) is 5.70. The van der Waals surface area contributed by atoms with E-state index in [1.165, 1.54) is 27.8 Å². The summed E-state index contributed by atoms with van der Waals surface area (Å²) < 4.78 is 39.2. The van der Waals surface area contributed by atoms with Gasteiger partial charge >= 0.3 is 5.97 Å². The largest absolute Gasteiger partial charge is 0.481 e. The van der Waals surface area contributed by atoms with Gasteiger partial charge in [-0.15, -0.1) is 0 Å². The van der Waals surface area contributed by atoms with Crippen molar-refractivity contribution in [1.82, 2.24) is 14.3 Å². The molecule has 2 atom stereocenters. The monoisotopic (exact) mass is 616 g/mol. The molecule has 2 fully saturated rings. The van der Waals surface area contributed by atoms with Crippen LogP contribution < -0.4 is 10.1 Å². The fraction of sp³-hybridized carbons (Fsp3) is 0.517. The van der Waals surface area contributed by atoms with Crippen molar-refractivity contribution in [3.05, 3.63) is 42.0 Å². The van der Waals surface area contributed by atoms with Crippen LogP contribution in [0.3, 0.4) is 0 Å². The van der Waals surface area contributed by atoms with Crippen molar-refractivity contribution in [2.45, 2.75) is 68.3 Å². The zero-order valence-electron chi connectivity index (χ0n) is 23.5. The number of carbonyl (C=O) groups is 2. The molecule has 0 radical (unpaired) electrons. The number of aliphatic carboxylic acids is 1. The number of carboxylic acids is 1. The smallest absolute Gasteiger partial charge is 0.304 e. The van der Waals surface area contributed by atoms with Gasteiger partial charge < -0.3 is 19.9 Å². The van der Waals surface area contributed by atoms with Crippen molar-refractivity contribution in [1.29, 1.82) is 0 Å². The van der Waals surface area contributed by atoms with Gasteiger partial charge in [-0.05, 0) is 48.9 Å². The van der Waals surface area contributed by atoms with Crippen molar-refractivity contribution < 1.29 is 32.6 Å². The molecule has 1 aliphatic heterocycles. The number of aromatic nitrogens is 2. The van der Waals surface area contributed by atoms with Gasteiger partial charge in [0, 0.05) is 25.8 Å². The Balaban J connectivity index is 1.36. The summed E-state index contributed by atoms with van der Waals surface area (Å²) in [5, 5.41) is 12.6. The first-order valence-electron chi connectivity index (χ1n) is 14.3. The second-order valence-electron chi connectivity index (χ2n) is 10.8. The van der Waals surface area contributed by atoms with Crippen LogP contribution in [0.25, 0.3) is 10.3 Å². The van der Waals surface area contributed by atoms with Crippen LogP contribution in [0, 0.1) is 5.92 Å². The number of rotatable bonds is 13. The van der Waals surface area contributed by atoms with Crippen molar-refractivity contribution >= 4 is 48.7 Å². The number of benzene rings is 1. The predicted molar refractivity (Wildman–Crippen MR) is 158 cm³/mol. The van der Waals surface area contributed by atoms with Crippen LogP contribution >= 0.6 is 11.3 Å². The van der Waals surface area contributed by atoms with Gasteiger partial charge in [0.25, 0.3) is 0 Å². The first kappa shape index (κ1) is 30.3. The number of pyridine rings is 1. The summed E-state index contributed by atoms with van der Waals surface area (Å²) in [5.41, 5.74) is 1.38. The highest BCUT2D eigenvalue weighted by Crippen LogP contribution is 2.36. The van der Waals surface area contributed by atoms with E-state index >= 15 is 0 Å². The van der Waals surface area contributed by atoms with Gasteiger partial charge in [-0.1, -0.05) is 49.2 Å². The van der Waals surface area contributed by atoms with E-state index in [1.807, 2.05) is 0 Å². The minimum atomic E-state index is -3.97. The van der Waals surface area contributed by atoms with Gasteiger partial charge in [0.2, 0.25) is 21.8 Å². The second-order valence-corrected chi connectivity index (χ2v) is 13.8. The summed E-state index contributed by atoms with van der Waals surface area (Å²) >= 11 is 1.27. The Morgan fingerprint density at radius 1 is 1.12 bits per heavy atom. The Bertz CT molecular complexity index is 1500. The molecule has 1 aromatic carbocycles. The summed E-state index contributed by atoms with van der Waals surface area (Å²) in [4.78, 5) is 34.5. The summed E-state index contributed by atoms with van der Waals surface area (Å²) in [6.07, 6.45) is 6.06. The topological polar surface area (TPSA) is 148 Å². The van der Waals surface area contributed by atoms with Crippen LogP contribution in [0.5, 0.6) is 5.88 Å². The van der Waals surface area contributed by atoms with E-state index in [1.54, 1.807) is 31.4 Å². The molecule has 11 nitrogen and oxygen atoms in total. The minimum Gasteiger partial charge on any atom is -0.481 e. The molecule has 1 aliphatic carbocycles.